The van der Waals surface area contributed by atoms with Gasteiger partial charge in [-0.05, 0) is 67.6 Å². The Balaban J connectivity index is 1.84. The molecular formula is C23H32O4S. The number of hydrogen-bond acceptors (Lipinski definition) is 4. The smallest absolute Gasteiger partial charge is 0.167 e. The zero-order chi connectivity index (χ0) is 20.5. The van der Waals surface area contributed by atoms with Crippen LogP contribution in [0.15, 0.2) is 17.9 Å². The van der Waals surface area contributed by atoms with Gasteiger partial charge in [0.15, 0.2) is 5.78 Å². The van der Waals surface area contributed by atoms with Gasteiger partial charge in [-0.2, -0.15) is 0 Å². The van der Waals surface area contributed by atoms with E-state index < -0.39 is 9.84 Å². The van der Waals surface area contributed by atoms with E-state index in [4.69, 9.17) is 0 Å². The SMILES string of the molecule is CCc1cc(C)cc(CC)c1C1=C(O)CC(CC2CCS(=O)(=O)CC2)CC1=O. The molecular weight excluding hydrogens is 372 g/mol. The van der Waals surface area contributed by atoms with Gasteiger partial charge >= 0.3 is 0 Å². The average molecular weight is 405 g/mol. The first kappa shape index (κ1) is 21.1. The molecule has 1 aromatic rings. The predicted molar refractivity (Wildman–Crippen MR) is 113 cm³/mol. The van der Waals surface area contributed by atoms with Crippen molar-refractivity contribution in [3.8, 4) is 0 Å². The van der Waals surface area contributed by atoms with Gasteiger partial charge < -0.3 is 5.11 Å². The molecule has 4 nitrogen and oxygen atoms in total. The van der Waals surface area contributed by atoms with E-state index in [1.807, 2.05) is 0 Å². The fourth-order valence-corrected chi connectivity index (χ4v) is 6.48. The normalized spacial score (nSPS) is 23.2. The molecule has 1 aliphatic carbocycles. The van der Waals surface area contributed by atoms with Gasteiger partial charge in [-0.3, -0.25) is 4.79 Å². The topological polar surface area (TPSA) is 71.4 Å². The molecule has 0 amide bonds. The van der Waals surface area contributed by atoms with Crippen molar-refractivity contribution in [3.05, 3.63) is 40.1 Å². The van der Waals surface area contributed by atoms with Crippen LogP contribution in [0.25, 0.3) is 5.57 Å². The molecule has 1 heterocycles. The third kappa shape index (κ3) is 4.51. The monoisotopic (exact) mass is 404 g/mol. The number of aryl methyl sites for hydroxylation is 3. The maximum Gasteiger partial charge on any atom is 0.167 e. The van der Waals surface area contributed by atoms with Crippen molar-refractivity contribution in [2.45, 2.75) is 65.7 Å². The van der Waals surface area contributed by atoms with Gasteiger partial charge in [0, 0.05) is 12.8 Å². The maximum absolute atomic E-state index is 13.1. The first-order valence-corrected chi connectivity index (χ1v) is 12.3. The van der Waals surface area contributed by atoms with Crippen molar-refractivity contribution in [2.24, 2.45) is 11.8 Å². The molecule has 0 radical (unpaired) electrons. The number of aliphatic hydroxyl groups is 1. The molecule has 1 aliphatic heterocycles. The molecule has 1 aromatic carbocycles. The van der Waals surface area contributed by atoms with Crippen molar-refractivity contribution in [3.63, 3.8) is 0 Å². The number of allylic oxidation sites excluding steroid dienone is 2. The van der Waals surface area contributed by atoms with Crippen LogP contribution in [0, 0.1) is 18.8 Å². The molecule has 1 saturated heterocycles. The van der Waals surface area contributed by atoms with Crippen LogP contribution in [0.2, 0.25) is 0 Å². The van der Waals surface area contributed by atoms with Gasteiger partial charge in [-0.25, -0.2) is 8.42 Å². The third-order valence-electron chi connectivity index (χ3n) is 6.32. The summed E-state index contributed by atoms with van der Waals surface area (Å²) >= 11 is 0. The Morgan fingerprint density at radius 1 is 1.00 bits per heavy atom. The minimum Gasteiger partial charge on any atom is -0.512 e. The Morgan fingerprint density at radius 2 is 1.57 bits per heavy atom. The van der Waals surface area contributed by atoms with E-state index in [0.29, 0.717) is 37.2 Å². The van der Waals surface area contributed by atoms with Crippen LogP contribution in [-0.4, -0.2) is 30.8 Å². The summed E-state index contributed by atoms with van der Waals surface area (Å²) in [5.74, 6) is 1.22. The molecule has 2 aliphatic rings. The Morgan fingerprint density at radius 3 is 2.07 bits per heavy atom. The highest BCUT2D eigenvalue weighted by Crippen LogP contribution is 2.39. The summed E-state index contributed by atoms with van der Waals surface area (Å²) in [7, 11) is -2.87. The first-order valence-electron chi connectivity index (χ1n) is 10.5. The maximum atomic E-state index is 13.1. The van der Waals surface area contributed by atoms with Gasteiger partial charge in [0.05, 0.1) is 17.1 Å². The Bertz CT molecular complexity index is 856. The van der Waals surface area contributed by atoms with Crippen molar-refractivity contribution in [2.75, 3.05) is 11.5 Å². The van der Waals surface area contributed by atoms with Crippen LogP contribution >= 0.6 is 0 Å². The van der Waals surface area contributed by atoms with Gasteiger partial charge in [0.25, 0.3) is 0 Å². The molecule has 5 heteroatoms. The predicted octanol–water partition coefficient (Wildman–Crippen LogP) is 4.58. The summed E-state index contributed by atoms with van der Waals surface area (Å²) in [5.41, 5.74) is 4.91. The largest absolute Gasteiger partial charge is 0.512 e. The molecule has 3 rings (SSSR count). The zero-order valence-electron chi connectivity index (χ0n) is 17.3. The lowest BCUT2D eigenvalue weighted by Crippen LogP contribution is -2.27. The second-order valence-electron chi connectivity index (χ2n) is 8.52. The fraction of sp³-hybridized carbons (Fsp3) is 0.609. The van der Waals surface area contributed by atoms with Crippen molar-refractivity contribution < 1.29 is 18.3 Å². The summed E-state index contributed by atoms with van der Waals surface area (Å²) in [5, 5.41) is 10.8. The summed E-state index contributed by atoms with van der Waals surface area (Å²) in [4.78, 5) is 13.1. The first-order chi connectivity index (χ1) is 13.2. The highest BCUT2D eigenvalue weighted by atomic mass is 32.2. The number of rotatable bonds is 5. The van der Waals surface area contributed by atoms with Crippen LogP contribution in [0.4, 0.5) is 0 Å². The van der Waals surface area contributed by atoms with Crippen LogP contribution in [0.1, 0.15) is 68.2 Å². The lowest BCUT2D eigenvalue weighted by atomic mass is 9.76. The van der Waals surface area contributed by atoms with E-state index in [1.165, 1.54) is 5.56 Å². The molecule has 0 aromatic heterocycles. The van der Waals surface area contributed by atoms with Crippen molar-refractivity contribution in [1.29, 1.82) is 0 Å². The standard InChI is InChI=1S/C23H32O4S/c1-4-18-10-15(3)11-19(5-2)22(18)23-20(24)13-17(14-21(23)25)12-16-6-8-28(26,27)9-7-16/h10-11,16-17,24H,4-9,12-14H2,1-3H3. The minimum absolute atomic E-state index is 0.0328. The molecule has 1 atom stereocenters. The highest BCUT2D eigenvalue weighted by Gasteiger charge is 2.33. The molecule has 1 fully saturated rings. The van der Waals surface area contributed by atoms with E-state index in [0.717, 1.165) is 36.0 Å². The number of sulfone groups is 1. The molecule has 0 saturated carbocycles. The Hall–Kier alpha value is -1.62. The molecule has 1 N–H and O–H groups in total. The van der Waals surface area contributed by atoms with Crippen LogP contribution in [0.3, 0.4) is 0 Å². The molecule has 154 valence electrons. The molecule has 1 unspecified atom stereocenters. The van der Waals surface area contributed by atoms with Crippen LogP contribution in [-0.2, 0) is 27.5 Å². The van der Waals surface area contributed by atoms with E-state index in [1.54, 1.807) is 0 Å². The van der Waals surface area contributed by atoms with Crippen molar-refractivity contribution >= 4 is 21.2 Å². The Kier molecular flexibility index (Phi) is 6.33. The number of ketones is 1. The number of benzene rings is 1. The van der Waals surface area contributed by atoms with E-state index in [2.05, 4.69) is 32.9 Å². The number of carbonyl (C=O) groups excluding carboxylic acids is 1. The minimum atomic E-state index is -2.87. The molecule has 0 bridgehead atoms. The summed E-state index contributed by atoms with van der Waals surface area (Å²) in [6, 6.07) is 4.24. The number of carbonyl (C=O) groups is 1. The second kappa shape index (κ2) is 8.40. The molecule has 0 spiro atoms. The van der Waals surface area contributed by atoms with Gasteiger partial charge in [-0.1, -0.05) is 31.5 Å². The zero-order valence-corrected chi connectivity index (χ0v) is 18.1. The number of hydrogen-bond donors (Lipinski definition) is 1. The van der Waals surface area contributed by atoms with E-state index >= 15 is 0 Å². The highest BCUT2D eigenvalue weighted by molar-refractivity contribution is 7.91. The lowest BCUT2D eigenvalue weighted by Gasteiger charge is -2.30. The summed E-state index contributed by atoms with van der Waals surface area (Å²) in [6.45, 7) is 6.24. The second-order valence-corrected chi connectivity index (χ2v) is 10.8. The Labute approximate surface area is 169 Å². The van der Waals surface area contributed by atoms with Gasteiger partial charge in [-0.15, -0.1) is 0 Å². The number of aliphatic hydroxyl groups excluding tert-OH is 1. The summed E-state index contributed by atoms with van der Waals surface area (Å²) in [6.07, 6.45) is 4.81. The number of Topliss-reactive ketones (excluding diaryl/α,β-unsaturated/α-hetero) is 1. The van der Waals surface area contributed by atoms with Gasteiger partial charge in [0.1, 0.15) is 15.6 Å². The quantitative estimate of drug-likeness (QED) is 0.779. The van der Waals surface area contributed by atoms with Crippen LogP contribution in [0.5, 0.6) is 0 Å². The average Bonchev–Trinajstić information content (AvgIpc) is 2.63. The van der Waals surface area contributed by atoms with E-state index in [-0.39, 0.29) is 29.0 Å². The van der Waals surface area contributed by atoms with Crippen molar-refractivity contribution in [1.82, 2.24) is 0 Å². The summed E-state index contributed by atoms with van der Waals surface area (Å²) < 4.78 is 23.3. The van der Waals surface area contributed by atoms with E-state index in [9.17, 15) is 18.3 Å². The van der Waals surface area contributed by atoms with Crippen LogP contribution < -0.4 is 0 Å². The molecule has 28 heavy (non-hydrogen) atoms. The fourth-order valence-electron chi connectivity index (χ4n) is 4.89. The van der Waals surface area contributed by atoms with Gasteiger partial charge in [0.2, 0.25) is 0 Å². The lowest BCUT2D eigenvalue weighted by molar-refractivity contribution is -0.115. The third-order valence-corrected chi connectivity index (χ3v) is 8.04.